The van der Waals surface area contributed by atoms with Crippen LogP contribution in [-0.4, -0.2) is 40.0 Å². The Morgan fingerprint density at radius 3 is 2.61 bits per heavy atom. The first-order chi connectivity index (χ1) is 14.9. The van der Waals surface area contributed by atoms with Crippen molar-refractivity contribution in [2.75, 3.05) is 18.4 Å². The maximum Gasteiger partial charge on any atom is 0.227 e. The molecule has 0 spiro atoms. The van der Waals surface area contributed by atoms with Gasteiger partial charge in [0.05, 0.1) is 6.42 Å². The molecule has 0 radical (unpaired) electrons. The highest BCUT2D eigenvalue weighted by molar-refractivity contribution is 9.10. The second-order valence-electron chi connectivity index (χ2n) is 6.90. The van der Waals surface area contributed by atoms with E-state index in [-0.39, 0.29) is 30.5 Å². The van der Waals surface area contributed by atoms with Crippen molar-refractivity contribution in [2.45, 2.75) is 26.2 Å². The molecule has 6 nitrogen and oxygen atoms in total. The first-order valence-electron chi connectivity index (χ1n) is 9.86. The molecule has 2 aromatic carbocycles. The Labute approximate surface area is 192 Å². The number of nitrogens with zero attached hydrogens (tertiary/aromatic N) is 3. The van der Waals surface area contributed by atoms with Gasteiger partial charge in [0.1, 0.15) is 10.8 Å². The summed E-state index contributed by atoms with van der Waals surface area (Å²) in [4.78, 5) is 26.7. The molecule has 2 amide bonds. The number of hydrogen-bond donors (Lipinski definition) is 1. The van der Waals surface area contributed by atoms with Crippen LogP contribution in [0.4, 0.5) is 9.52 Å². The number of rotatable bonds is 9. The highest BCUT2D eigenvalue weighted by Gasteiger charge is 2.16. The largest absolute Gasteiger partial charge is 0.342 e. The summed E-state index contributed by atoms with van der Waals surface area (Å²) in [7, 11) is 0. The molecule has 9 heteroatoms. The Balaban J connectivity index is 1.54. The third-order valence-electron chi connectivity index (χ3n) is 4.47. The maximum absolute atomic E-state index is 13.1. The third kappa shape index (κ3) is 6.93. The SMILES string of the molecule is CCCN(CCC(=O)Nc1nnc(-c2cccc(Br)c2)s1)C(=O)Cc1ccc(F)cc1. The van der Waals surface area contributed by atoms with Gasteiger partial charge in [-0.15, -0.1) is 10.2 Å². The molecular formula is C22H22BrFN4O2S. The molecule has 0 aliphatic carbocycles. The van der Waals surface area contributed by atoms with Crippen LogP contribution < -0.4 is 5.32 Å². The number of nitrogens with one attached hydrogen (secondary N) is 1. The third-order valence-corrected chi connectivity index (χ3v) is 5.85. The predicted molar refractivity (Wildman–Crippen MR) is 123 cm³/mol. The fourth-order valence-electron chi connectivity index (χ4n) is 2.95. The Bertz CT molecular complexity index is 1040. The predicted octanol–water partition coefficient (Wildman–Crippen LogP) is 4.92. The number of carbonyl (C=O) groups excluding carboxylic acids is 2. The van der Waals surface area contributed by atoms with Crippen molar-refractivity contribution in [3.63, 3.8) is 0 Å². The summed E-state index contributed by atoms with van der Waals surface area (Å²) in [6, 6.07) is 13.6. The van der Waals surface area contributed by atoms with E-state index in [1.807, 2.05) is 31.2 Å². The zero-order valence-electron chi connectivity index (χ0n) is 17.0. The number of carbonyl (C=O) groups is 2. The summed E-state index contributed by atoms with van der Waals surface area (Å²) >= 11 is 4.72. The second-order valence-corrected chi connectivity index (χ2v) is 8.80. The van der Waals surface area contributed by atoms with Gasteiger partial charge in [-0.1, -0.05) is 58.5 Å². The highest BCUT2D eigenvalue weighted by atomic mass is 79.9. The number of hydrogen-bond acceptors (Lipinski definition) is 5. The monoisotopic (exact) mass is 504 g/mol. The van der Waals surface area contributed by atoms with Gasteiger partial charge in [0.25, 0.3) is 0 Å². The number of amides is 2. The zero-order valence-corrected chi connectivity index (χ0v) is 19.4. The lowest BCUT2D eigenvalue weighted by Crippen LogP contribution is -2.35. The lowest BCUT2D eigenvalue weighted by Gasteiger charge is -2.22. The molecule has 0 aliphatic heterocycles. The van der Waals surface area contributed by atoms with Gasteiger partial charge in [-0.05, 0) is 36.2 Å². The van der Waals surface area contributed by atoms with Crippen molar-refractivity contribution in [1.82, 2.24) is 15.1 Å². The van der Waals surface area contributed by atoms with E-state index in [9.17, 15) is 14.0 Å². The average molecular weight is 505 g/mol. The maximum atomic E-state index is 13.1. The van der Waals surface area contributed by atoms with Crippen molar-refractivity contribution in [2.24, 2.45) is 0 Å². The van der Waals surface area contributed by atoms with Crippen molar-refractivity contribution in [3.05, 3.63) is 64.4 Å². The van der Waals surface area contributed by atoms with E-state index >= 15 is 0 Å². The second kappa shape index (κ2) is 11.1. The summed E-state index contributed by atoms with van der Waals surface area (Å²) in [5.41, 5.74) is 1.65. The van der Waals surface area contributed by atoms with Gasteiger partial charge in [0.2, 0.25) is 16.9 Å². The van der Waals surface area contributed by atoms with Crippen LogP contribution in [0.5, 0.6) is 0 Å². The number of anilines is 1. The number of aromatic nitrogens is 2. The van der Waals surface area contributed by atoms with Crippen LogP contribution in [0.15, 0.2) is 53.0 Å². The van der Waals surface area contributed by atoms with Crippen LogP contribution in [-0.2, 0) is 16.0 Å². The summed E-state index contributed by atoms with van der Waals surface area (Å²) < 4.78 is 14.0. The smallest absolute Gasteiger partial charge is 0.227 e. The minimum Gasteiger partial charge on any atom is -0.342 e. The number of halogens is 2. The van der Waals surface area contributed by atoms with E-state index in [0.717, 1.165) is 22.0 Å². The molecule has 0 unspecified atom stereocenters. The summed E-state index contributed by atoms with van der Waals surface area (Å²) in [6.07, 6.45) is 1.11. The van der Waals surface area contributed by atoms with E-state index in [4.69, 9.17) is 0 Å². The Morgan fingerprint density at radius 2 is 1.90 bits per heavy atom. The van der Waals surface area contributed by atoms with Gasteiger partial charge in [-0.3, -0.25) is 9.59 Å². The minimum absolute atomic E-state index is 0.0888. The molecule has 1 heterocycles. The molecule has 162 valence electrons. The Kier molecular flexibility index (Phi) is 8.25. The van der Waals surface area contributed by atoms with E-state index < -0.39 is 0 Å². The fraction of sp³-hybridized carbons (Fsp3) is 0.273. The first kappa shape index (κ1) is 23.0. The van der Waals surface area contributed by atoms with Crippen molar-refractivity contribution in [1.29, 1.82) is 0 Å². The molecular weight excluding hydrogens is 483 g/mol. The summed E-state index contributed by atoms with van der Waals surface area (Å²) in [5, 5.41) is 12.0. The summed E-state index contributed by atoms with van der Waals surface area (Å²) in [6.45, 7) is 2.83. The van der Waals surface area contributed by atoms with Crippen LogP contribution in [0.1, 0.15) is 25.3 Å². The Morgan fingerprint density at radius 1 is 1.13 bits per heavy atom. The van der Waals surface area contributed by atoms with Crippen LogP contribution in [0.3, 0.4) is 0 Å². The van der Waals surface area contributed by atoms with Gasteiger partial charge in [0, 0.05) is 29.5 Å². The van der Waals surface area contributed by atoms with Crippen molar-refractivity contribution in [3.8, 4) is 10.6 Å². The standard InChI is InChI=1S/C22H22BrFN4O2S/c1-2-11-28(20(30)13-15-6-8-18(24)9-7-15)12-10-19(29)25-22-27-26-21(31-22)16-4-3-5-17(23)14-16/h3-9,14H,2,10-13H2,1H3,(H,25,27,29). The topological polar surface area (TPSA) is 75.2 Å². The summed E-state index contributed by atoms with van der Waals surface area (Å²) in [5.74, 6) is -0.653. The van der Waals surface area contributed by atoms with Crippen LogP contribution in [0, 0.1) is 5.82 Å². The quantitative estimate of drug-likeness (QED) is 0.448. The van der Waals surface area contributed by atoms with Gasteiger partial charge in [0.15, 0.2) is 0 Å². The average Bonchev–Trinajstić information content (AvgIpc) is 3.21. The minimum atomic E-state index is -0.335. The molecule has 0 fully saturated rings. The van der Waals surface area contributed by atoms with E-state index in [2.05, 4.69) is 31.4 Å². The zero-order chi connectivity index (χ0) is 22.2. The molecule has 0 saturated heterocycles. The van der Waals surface area contributed by atoms with E-state index in [0.29, 0.717) is 23.2 Å². The molecule has 31 heavy (non-hydrogen) atoms. The lowest BCUT2D eigenvalue weighted by molar-refractivity contribution is -0.131. The van der Waals surface area contributed by atoms with Crippen LogP contribution in [0.25, 0.3) is 10.6 Å². The first-order valence-corrected chi connectivity index (χ1v) is 11.5. The van der Waals surface area contributed by atoms with Crippen molar-refractivity contribution >= 4 is 44.2 Å². The number of benzene rings is 2. The fourth-order valence-corrected chi connectivity index (χ4v) is 4.11. The van der Waals surface area contributed by atoms with Gasteiger partial charge in [-0.25, -0.2) is 4.39 Å². The molecule has 0 bridgehead atoms. The van der Waals surface area contributed by atoms with Gasteiger partial charge >= 0.3 is 0 Å². The van der Waals surface area contributed by atoms with Gasteiger partial charge in [-0.2, -0.15) is 0 Å². The van der Waals surface area contributed by atoms with E-state index in [1.165, 1.54) is 23.5 Å². The molecule has 1 aromatic heterocycles. The van der Waals surface area contributed by atoms with Crippen LogP contribution >= 0.6 is 27.3 Å². The molecule has 0 saturated carbocycles. The normalized spacial score (nSPS) is 10.7. The van der Waals surface area contributed by atoms with Crippen LogP contribution in [0.2, 0.25) is 0 Å². The molecule has 3 aromatic rings. The molecule has 0 aliphatic rings. The highest BCUT2D eigenvalue weighted by Crippen LogP contribution is 2.28. The van der Waals surface area contributed by atoms with Crippen molar-refractivity contribution < 1.29 is 14.0 Å². The molecule has 0 atom stereocenters. The van der Waals surface area contributed by atoms with Gasteiger partial charge < -0.3 is 10.2 Å². The molecule has 1 N–H and O–H groups in total. The lowest BCUT2D eigenvalue weighted by atomic mass is 10.1. The Hall–Kier alpha value is -2.65. The van der Waals surface area contributed by atoms with E-state index in [1.54, 1.807) is 17.0 Å². The molecule has 3 rings (SSSR count).